The molecule has 0 atom stereocenters. The number of ether oxygens (including phenoxy) is 1. The highest BCUT2D eigenvalue weighted by molar-refractivity contribution is 5.80. The maximum Gasteiger partial charge on any atom is 0.307 e. The van der Waals surface area contributed by atoms with Crippen molar-refractivity contribution in [3.05, 3.63) is 35.4 Å². The summed E-state index contributed by atoms with van der Waals surface area (Å²) in [5.41, 5.74) is 2.52. The molecule has 0 saturated carbocycles. The van der Waals surface area contributed by atoms with E-state index < -0.39 is 0 Å². The zero-order valence-corrected chi connectivity index (χ0v) is 13.3. The monoisotopic (exact) mass is 291 g/mol. The molecule has 1 aromatic carbocycles. The Balaban J connectivity index is 2.68. The summed E-state index contributed by atoms with van der Waals surface area (Å²) in [6.07, 6.45) is 0.295. The zero-order valence-electron chi connectivity index (χ0n) is 13.3. The van der Waals surface area contributed by atoms with Gasteiger partial charge >= 0.3 is 5.97 Å². The number of nitrogens with one attached hydrogen (secondary N) is 1. The van der Waals surface area contributed by atoms with E-state index in [-0.39, 0.29) is 5.97 Å². The summed E-state index contributed by atoms with van der Waals surface area (Å²) < 4.78 is 4.62. The highest BCUT2D eigenvalue weighted by Crippen LogP contribution is 2.09. The minimum Gasteiger partial charge on any atom is -0.469 e. The molecule has 116 valence electrons. The maximum atomic E-state index is 11.1. The number of aryl methyl sites for hydroxylation is 1. The summed E-state index contributed by atoms with van der Waals surface area (Å²) in [6.45, 7) is 6.11. The minimum absolute atomic E-state index is 0.240. The van der Waals surface area contributed by atoms with Crippen LogP contribution in [0.1, 0.15) is 24.5 Å². The summed E-state index contributed by atoms with van der Waals surface area (Å²) in [6, 6.07) is 8.29. The maximum absolute atomic E-state index is 11.1. The molecule has 1 aromatic rings. The van der Waals surface area contributed by atoms with Crippen LogP contribution in [-0.4, -0.2) is 44.1 Å². The van der Waals surface area contributed by atoms with Crippen LogP contribution in [0.25, 0.3) is 0 Å². The van der Waals surface area contributed by atoms with Crippen LogP contribution in [0.4, 0.5) is 0 Å². The second kappa shape index (κ2) is 9.00. The first-order valence-corrected chi connectivity index (χ1v) is 7.19. The molecule has 0 fully saturated rings. The Bertz CT molecular complexity index is 486. The Labute approximate surface area is 127 Å². The normalized spacial score (nSPS) is 11.1. The molecule has 1 rings (SSSR count). The summed E-state index contributed by atoms with van der Waals surface area (Å²) in [5.74, 6) is 0.556. The van der Waals surface area contributed by atoms with Crippen molar-refractivity contribution in [2.24, 2.45) is 4.99 Å². The molecule has 0 saturated heterocycles. The summed E-state index contributed by atoms with van der Waals surface area (Å²) >= 11 is 0. The van der Waals surface area contributed by atoms with Gasteiger partial charge in [-0.15, -0.1) is 0 Å². The van der Waals surface area contributed by atoms with E-state index in [2.05, 4.69) is 39.0 Å². The fourth-order valence-electron chi connectivity index (χ4n) is 1.94. The first-order valence-electron chi connectivity index (χ1n) is 7.19. The standard InChI is InChI=1S/C16H25N3O2/c1-5-17-16(18-11-10-15(20)21-4)19(3)12-14-9-7-6-8-13(14)2/h6-9H,5,10-12H2,1-4H3,(H,17,18). The molecule has 0 aliphatic heterocycles. The number of esters is 1. The van der Waals surface area contributed by atoms with Crippen LogP contribution in [0.5, 0.6) is 0 Å². The van der Waals surface area contributed by atoms with E-state index in [0.29, 0.717) is 13.0 Å². The lowest BCUT2D eigenvalue weighted by molar-refractivity contribution is -0.140. The van der Waals surface area contributed by atoms with Gasteiger partial charge in [-0.1, -0.05) is 24.3 Å². The largest absolute Gasteiger partial charge is 0.469 e. The van der Waals surface area contributed by atoms with Crippen LogP contribution in [0, 0.1) is 6.92 Å². The lowest BCUT2D eigenvalue weighted by atomic mass is 10.1. The summed E-state index contributed by atoms with van der Waals surface area (Å²) in [7, 11) is 3.38. The molecule has 0 aliphatic rings. The van der Waals surface area contributed by atoms with Gasteiger partial charge in [-0.05, 0) is 25.0 Å². The van der Waals surface area contributed by atoms with E-state index in [9.17, 15) is 4.79 Å². The minimum atomic E-state index is -0.240. The Hall–Kier alpha value is -2.04. The Morgan fingerprint density at radius 3 is 2.71 bits per heavy atom. The third-order valence-corrected chi connectivity index (χ3v) is 3.17. The van der Waals surface area contributed by atoms with Crippen molar-refractivity contribution in [3.8, 4) is 0 Å². The molecular weight excluding hydrogens is 266 g/mol. The second-order valence-electron chi connectivity index (χ2n) is 4.84. The van der Waals surface area contributed by atoms with Gasteiger partial charge in [0.2, 0.25) is 0 Å². The van der Waals surface area contributed by atoms with Crippen molar-refractivity contribution >= 4 is 11.9 Å². The van der Waals surface area contributed by atoms with Crippen molar-refractivity contribution in [3.63, 3.8) is 0 Å². The molecule has 0 radical (unpaired) electrons. The number of aliphatic imine (C=N–C) groups is 1. The van der Waals surface area contributed by atoms with Gasteiger partial charge in [-0.3, -0.25) is 9.79 Å². The zero-order chi connectivity index (χ0) is 15.7. The van der Waals surface area contributed by atoms with Crippen molar-refractivity contribution in [1.82, 2.24) is 10.2 Å². The van der Waals surface area contributed by atoms with E-state index in [1.54, 1.807) is 0 Å². The third-order valence-electron chi connectivity index (χ3n) is 3.17. The highest BCUT2D eigenvalue weighted by atomic mass is 16.5. The predicted octanol–water partition coefficient (Wildman–Crippen LogP) is 1.96. The number of guanidine groups is 1. The van der Waals surface area contributed by atoms with Gasteiger partial charge in [0.05, 0.1) is 20.1 Å². The van der Waals surface area contributed by atoms with Gasteiger partial charge in [-0.25, -0.2) is 0 Å². The fourth-order valence-corrected chi connectivity index (χ4v) is 1.94. The quantitative estimate of drug-likeness (QED) is 0.494. The number of hydrogen-bond donors (Lipinski definition) is 1. The smallest absolute Gasteiger partial charge is 0.307 e. The summed E-state index contributed by atoms with van der Waals surface area (Å²) in [5, 5.41) is 3.24. The lowest BCUT2D eigenvalue weighted by Gasteiger charge is -2.23. The van der Waals surface area contributed by atoms with E-state index in [0.717, 1.165) is 19.0 Å². The molecule has 0 unspecified atom stereocenters. The van der Waals surface area contributed by atoms with E-state index >= 15 is 0 Å². The van der Waals surface area contributed by atoms with Crippen molar-refractivity contribution in [1.29, 1.82) is 0 Å². The van der Waals surface area contributed by atoms with E-state index in [4.69, 9.17) is 0 Å². The molecule has 0 bridgehead atoms. The molecule has 5 nitrogen and oxygen atoms in total. The third kappa shape index (κ3) is 5.85. The number of benzene rings is 1. The molecule has 0 spiro atoms. The molecule has 0 aromatic heterocycles. The number of methoxy groups -OCH3 is 1. The molecule has 21 heavy (non-hydrogen) atoms. The average Bonchev–Trinajstić information content (AvgIpc) is 2.48. The van der Waals surface area contributed by atoms with Gasteiger partial charge < -0.3 is 15.0 Å². The molecule has 0 aliphatic carbocycles. The van der Waals surface area contributed by atoms with Crippen LogP contribution in [-0.2, 0) is 16.1 Å². The topological polar surface area (TPSA) is 53.9 Å². The number of carbonyl (C=O) groups is 1. The van der Waals surface area contributed by atoms with Gasteiger partial charge in [0.15, 0.2) is 5.96 Å². The predicted molar refractivity (Wildman–Crippen MR) is 85.3 cm³/mol. The molecule has 1 N–H and O–H groups in total. The second-order valence-corrected chi connectivity index (χ2v) is 4.84. The van der Waals surface area contributed by atoms with E-state index in [1.807, 2.05) is 26.1 Å². The van der Waals surface area contributed by atoms with Crippen molar-refractivity contribution in [2.75, 3.05) is 27.2 Å². The molecule has 0 amide bonds. The van der Waals surface area contributed by atoms with Gasteiger partial charge in [0.1, 0.15) is 0 Å². The highest BCUT2D eigenvalue weighted by Gasteiger charge is 2.08. The first kappa shape index (κ1) is 17.0. The van der Waals surface area contributed by atoms with Crippen molar-refractivity contribution in [2.45, 2.75) is 26.8 Å². The Morgan fingerprint density at radius 2 is 2.10 bits per heavy atom. The molecular formula is C16H25N3O2. The van der Waals surface area contributed by atoms with Crippen LogP contribution in [0.2, 0.25) is 0 Å². The van der Waals surface area contributed by atoms with Crippen LogP contribution in [0.3, 0.4) is 0 Å². The Morgan fingerprint density at radius 1 is 1.38 bits per heavy atom. The number of carbonyl (C=O) groups excluding carboxylic acids is 1. The van der Waals surface area contributed by atoms with Gasteiger partial charge in [0.25, 0.3) is 0 Å². The van der Waals surface area contributed by atoms with Crippen LogP contribution >= 0.6 is 0 Å². The first-order chi connectivity index (χ1) is 10.1. The average molecular weight is 291 g/mol. The number of nitrogens with zero attached hydrogens (tertiary/aromatic N) is 2. The lowest BCUT2D eigenvalue weighted by Crippen LogP contribution is -2.38. The fraction of sp³-hybridized carbons (Fsp3) is 0.500. The van der Waals surface area contributed by atoms with Crippen LogP contribution < -0.4 is 5.32 Å². The summed E-state index contributed by atoms with van der Waals surface area (Å²) in [4.78, 5) is 17.6. The van der Waals surface area contributed by atoms with Crippen LogP contribution in [0.15, 0.2) is 29.3 Å². The van der Waals surface area contributed by atoms with Gasteiger partial charge in [-0.2, -0.15) is 0 Å². The molecule has 0 heterocycles. The number of rotatable bonds is 6. The van der Waals surface area contributed by atoms with Crippen molar-refractivity contribution < 1.29 is 9.53 Å². The molecule has 5 heteroatoms. The number of hydrogen-bond acceptors (Lipinski definition) is 3. The Kier molecular flexibility index (Phi) is 7.29. The van der Waals surface area contributed by atoms with E-state index in [1.165, 1.54) is 18.2 Å². The van der Waals surface area contributed by atoms with Gasteiger partial charge in [0, 0.05) is 20.1 Å². The SMILES string of the molecule is CCNC(=NCCC(=O)OC)N(C)Cc1ccccc1C.